The molecule has 128 valence electrons. The Morgan fingerprint density at radius 2 is 1.92 bits per heavy atom. The molecule has 0 saturated carbocycles. The van der Waals surface area contributed by atoms with Gasteiger partial charge in [0.25, 0.3) is 0 Å². The number of pyridine rings is 1. The van der Waals surface area contributed by atoms with E-state index in [0.717, 1.165) is 29.3 Å². The summed E-state index contributed by atoms with van der Waals surface area (Å²) in [6.07, 6.45) is 2.60. The second-order valence-electron chi connectivity index (χ2n) is 5.94. The van der Waals surface area contributed by atoms with Crippen LogP contribution in [-0.4, -0.2) is 42.7 Å². The molecule has 2 heterocycles. The molecule has 1 aliphatic heterocycles. The number of benzene rings is 1. The standard InChI is InChI=1S/C19H25N3O2/c1-2-23-18-14-15(16-6-5-7-19(20)21-16)8-9-17(18)24-13-12-22-10-3-4-11-22/h5-9,14H,2-4,10-13H2,1H3,(H2,20,21). The molecule has 0 spiro atoms. The van der Waals surface area contributed by atoms with Gasteiger partial charge in [0.1, 0.15) is 12.4 Å². The van der Waals surface area contributed by atoms with Crippen LogP contribution in [0.5, 0.6) is 11.5 Å². The molecule has 1 saturated heterocycles. The van der Waals surface area contributed by atoms with E-state index in [4.69, 9.17) is 15.2 Å². The number of likely N-dealkylation sites (tertiary alicyclic amines) is 1. The van der Waals surface area contributed by atoms with Gasteiger partial charge in [-0.25, -0.2) is 4.98 Å². The molecule has 0 radical (unpaired) electrons. The Labute approximate surface area is 143 Å². The third-order valence-corrected chi connectivity index (χ3v) is 4.17. The SMILES string of the molecule is CCOc1cc(-c2cccc(N)n2)ccc1OCCN1CCCC1. The van der Waals surface area contributed by atoms with Gasteiger partial charge in [-0.05, 0) is 63.2 Å². The lowest BCUT2D eigenvalue weighted by molar-refractivity contribution is 0.226. The number of nitrogen functional groups attached to an aromatic ring is 1. The van der Waals surface area contributed by atoms with Gasteiger partial charge in [-0.3, -0.25) is 4.90 Å². The van der Waals surface area contributed by atoms with Crippen LogP contribution in [0.15, 0.2) is 36.4 Å². The van der Waals surface area contributed by atoms with E-state index < -0.39 is 0 Å². The number of rotatable bonds is 7. The summed E-state index contributed by atoms with van der Waals surface area (Å²) in [6.45, 7) is 6.57. The van der Waals surface area contributed by atoms with Crippen molar-refractivity contribution in [2.24, 2.45) is 0 Å². The minimum Gasteiger partial charge on any atom is -0.490 e. The molecule has 24 heavy (non-hydrogen) atoms. The molecular weight excluding hydrogens is 302 g/mol. The van der Waals surface area contributed by atoms with Crippen molar-refractivity contribution in [1.29, 1.82) is 0 Å². The summed E-state index contributed by atoms with van der Waals surface area (Å²) in [4.78, 5) is 6.80. The third kappa shape index (κ3) is 4.17. The van der Waals surface area contributed by atoms with Gasteiger partial charge >= 0.3 is 0 Å². The van der Waals surface area contributed by atoms with Crippen LogP contribution in [0, 0.1) is 0 Å². The zero-order valence-corrected chi connectivity index (χ0v) is 14.2. The Balaban J connectivity index is 1.71. The molecule has 2 N–H and O–H groups in total. The van der Waals surface area contributed by atoms with Gasteiger partial charge in [0, 0.05) is 12.1 Å². The van der Waals surface area contributed by atoms with Gasteiger partial charge in [-0.2, -0.15) is 0 Å². The molecule has 0 atom stereocenters. The fraction of sp³-hybridized carbons (Fsp3) is 0.421. The second kappa shape index (κ2) is 8.02. The van der Waals surface area contributed by atoms with E-state index in [-0.39, 0.29) is 0 Å². The number of anilines is 1. The van der Waals surface area contributed by atoms with Crippen molar-refractivity contribution in [3.8, 4) is 22.8 Å². The second-order valence-corrected chi connectivity index (χ2v) is 5.94. The van der Waals surface area contributed by atoms with Gasteiger partial charge in [-0.15, -0.1) is 0 Å². The van der Waals surface area contributed by atoms with E-state index in [0.29, 0.717) is 19.0 Å². The smallest absolute Gasteiger partial charge is 0.161 e. The van der Waals surface area contributed by atoms with E-state index >= 15 is 0 Å². The molecular formula is C19H25N3O2. The van der Waals surface area contributed by atoms with Crippen LogP contribution < -0.4 is 15.2 Å². The summed E-state index contributed by atoms with van der Waals surface area (Å²) in [7, 11) is 0. The van der Waals surface area contributed by atoms with E-state index in [1.54, 1.807) is 6.07 Å². The summed E-state index contributed by atoms with van der Waals surface area (Å²) in [5.74, 6) is 2.04. The average molecular weight is 327 g/mol. The fourth-order valence-corrected chi connectivity index (χ4v) is 2.96. The first kappa shape index (κ1) is 16.6. The minimum atomic E-state index is 0.511. The van der Waals surface area contributed by atoms with Crippen molar-refractivity contribution in [3.05, 3.63) is 36.4 Å². The molecule has 5 heteroatoms. The molecule has 1 aromatic carbocycles. The highest BCUT2D eigenvalue weighted by Gasteiger charge is 2.13. The molecule has 0 aliphatic carbocycles. The lowest BCUT2D eigenvalue weighted by atomic mass is 10.1. The Bertz CT molecular complexity index is 669. The number of nitrogens with two attached hydrogens (primary N) is 1. The van der Waals surface area contributed by atoms with Crippen molar-refractivity contribution in [1.82, 2.24) is 9.88 Å². The van der Waals surface area contributed by atoms with Crippen molar-refractivity contribution in [2.75, 3.05) is 38.6 Å². The fourth-order valence-electron chi connectivity index (χ4n) is 2.96. The predicted octanol–water partition coefficient (Wildman–Crippen LogP) is 3.20. The molecule has 3 rings (SSSR count). The Kier molecular flexibility index (Phi) is 5.54. The van der Waals surface area contributed by atoms with Crippen molar-refractivity contribution < 1.29 is 9.47 Å². The van der Waals surface area contributed by atoms with Crippen LogP contribution in [0.3, 0.4) is 0 Å². The minimum absolute atomic E-state index is 0.511. The number of hydrogen-bond acceptors (Lipinski definition) is 5. The largest absolute Gasteiger partial charge is 0.490 e. The molecule has 2 aromatic rings. The maximum Gasteiger partial charge on any atom is 0.161 e. The molecule has 1 aliphatic rings. The first-order chi connectivity index (χ1) is 11.8. The highest BCUT2D eigenvalue weighted by atomic mass is 16.5. The number of ether oxygens (including phenoxy) is 2. The maximum absolute atomic E-state index is 5.95. The normalized spacial score (nSPS) is 14.7. The summed E-state index contributed by atoms with van der Waals surface area (Å²) in [6, 6.07) is 11.5. The van der Waals surface area contributed by atoms with Crippen molar-refractivity contribution in [2.45, 2.75) is 19.8 Å². The lowest BCUT2D eigenvalue weighted by Gasteiger charge is -2.17. The topological polar surface area (TPSA) is 60.6 Å². The predicted molar refractivity (Wildman–Crippen MR) is 96.4 cm³/mol. The molecule has 1 fully saturated rings. The first-order valence-electron chi connectivity index (χ1n) is 8.61. The summed E-state index contributed by atoms with van der Waals surface area (Å²) >= 11 is 0. The quantitative estimate of drug-likeness (QED) is 0.846. The first-order valence-corrected chi connectivity index (χ1v) is 8.61. The third-order valence-electron chi connectivity index (χ3n) is 4.17. The van der Waals surface area contributed by atoms with Gasteiger partial charge in [0.2, 0.25) is 0 Å². The Morgan fingerprint density at radius 1 is 1.08 bits per heavy atom. The molecule has 0 amide bonds. The average Bonchev–Trinajstić information content (AvgIpc) is 3.10. The van der Waals surface area contributed by atoms with Crippen LogP contribution in [0.4, 0.5) is 5.82 Å². The summed E-state index contributed by atoms with van der Waals surface area (Å²) in [5.41, 5.74) is 7.58. The Hall–Kier alpha value is -2.27. The summed E-state index contributed by atoms with van der Waals surface area (Å²) in [5, 5.41) is 0. The van der Waals surface area contributed by atoms with E-state index in [2.05, 4.69) is 9.88 Å². The molecule has 0 unspecified atom stereocenters. The number of hydrogen-bond donors (Lipinski definition) is 1. The van der Waals surface area contributed by atoms with E-state index in [1.807, 2.05) is 37.3 Å². The van der Waals surface area contributed by atoms with Crippen LogP contribution in [0.2, 0.25) is 0 Å². The molecule has 5 nitrogen and oxygen atoms in total. The number of aromatic nitrogens is 1. The van der Waals surface area contributed by atoms with E-state index in [1.165, 1.54) is 25.9 Å². The van der Waals surface area contributed by atoms with Gasteiger partial charge in [0.15, 0.2) is 11.5 Å². The number of nitrogens with zero attached hydrogens (tertiary/aromatic N) is 2. The monoisotopic (exact) mass is 327 g/mol. The van der Waals surface area contributed by atoms with Crippen LogP contribution in [0.25, 0.3) is 11.3 Å². The lowest BCUT2D eigenvalue weighted by Crippen LogP contribution is -2.25. The van der Waals surface area contributed by atoms with E-state index in [9.17, 15) is 0 Å². The maximum atomic E-state index is 5.95. The van der Waals surface area contributed by atoms with Gasteiger partial charge < -0.3 is 15.2 Å². The van der Waals surface area contributed by atoms with Gasteiger partial charge in [0.05, 0.1) is 12.3 Å². The zero-order valence-electron chi connectivity index (χ0n) is 14.2. The molecule has 1 aromatic heterocycles. The highest BCUT2D eigenvalue weighted by Crippen LogP contribution is 2.32. The summed E-state index contributed by atoms with van der Waals surface area (Å²) < 4.78 is 11.7. The van der Waals surface area contributed by atoms with Crippen LogP contribution in [0.1, 0.15) is 19.8 Å². The Morgan fingerprint density at radius 3 is 2.67 bits per heavy atom. The van der Waals surface area contributed by atoms with Gasteiger partial charge in [-0.1, -0.05) is 6.07 Å². The zero-order chi connectivity index (χ0) is 16.8. The van der Waals surface area contributed by atoms with Crippen LogP contribution in [-0.2, 0) is 0 Å². The van der Waals surface area contributed by atoms with Crippen LogP contribution >= 0.6 is 0 Å². The highest BCUT2D eigenvalue weighted by molar-refractivity contribution is 5.65. The van der Waals surface area contributed by atoms with Crippen molar-refractivity contribution >= 4 is 5.82 Å². The molecule has 0 bridgehead atoms. The van der Waals surface area contributed by atoms with Crippen molar-refractivity contribution in [3.63, 3.8) is 0 Å².